The van der Waals surface area contributed by atoms with Crippen molar-refractivity contribution in [2.45, 2.75) is 19.3 Å². The maximum Gasteiger partial charge on any atom is 0.307 e. The first-order valence-electron chi connectivity index (χ1n) is 5.98. The topological polar surface area (TPSA) is 83.5 Å². The Kier molecular flexibility index (Phi) is 6.04. The maximum atomic E-state index is 11.9. The number of carboxylic acid groups (broad SMARTS) is 1. The van der Waals surface area contributed by atoms with Gasteiger partial charge in [-0.15, -0.1) is 0 Å². The van der Waals surface area contributed by atoms with Gasteiger partial charge in [0.25, 0.3) is 0 Å². The van der Waals surface area contributed by atoms with Gasteiger partial charge in [-0.1, -0.05) is 12.2 Å². The lowest BCUT2D eigenvalue weighted by Gasteiger charge is -2.24. The fourth-order valence-corrected chi connectivity index (χ4v) is 2.55. The predicted molar refractivity (Wildman–Crippen MR) is 69.5 cm³/mol. The molecule has 6 heteroatoms. The largest absolute Gasteiger partial charge is 0.481 e. The minimum absolute atomic E-state index is 0.214. The number of rotatable bonds is 6. The molecule has 1 aliphatic carbocycles. The number of nitrogens with one attached hydrogen (secondary N) is 1. The molecule has 0 radical (unpaired) electrons. The smallest absolute Gasteiger partial charge is 0.307 e. The van der Waals surface area contributed by atoms with Gasteiger partial charge in [-0.2, -0.15) is 0 Å². The van der Waals surface area contributed by atoms with E-state index in [2.05, 4.69) is 5.32 Å². The molecular formula is C12H19NO4S. The predicted octanol–water partition coefficient (Wildman–Crippen LogP) is 0.538. The molecule has 18 heavy (non-hydrogen) atoms. The Bertz CT molecular complexity index is 367. The Morgan fingerprint density at radius 1 is 1.33 bits per heavy atom. The Balaban J connectivity index is 2.42. The van der Waals surface area contributed by atoms with Crippen LogP contribution in [0, 0.1) is 11.8 Å². The van der Waals surface area contributed by atoms with Crippen LogP contribution in [0.2, 0.25) is 0 Å². The highest BCUT2D eigenvalue weighted by Crippen LogP contribution is 2.25. The highest BCUT2D eigenvalue weighted by Gasteiger charge is 2.33. The normalized spacial score (nSPS) is 24.5. The Hall–Kier alpha value is -1.17. The number of aliphatic carboxylic acids is 1. The van der Waals surface area contributed by atoms with Crippen LogP contribution in [0.4, 0.5) is 0 Å². The highest BCUT2D eigenvalue weighted by molar-refractivity contribution is 7.84. The summed E-state index contributed by atoms with van der Waals surface area (Å²) in [5.74, 6) is -1.70. The maximum absolute atomic E-state index is 11.9. The van der Waals surface area contributed by atoms with Crippen molar-refractivity contribution >= 4 is 22.7 Å². The molecule has 0 aromatic rings. The molecule has 0 heterocycles. The number of hydrogen-bond acceptors (Lipinski definition) is 3. The van der Waals surface area contributed by atoms with Crippen LogP contribution >= 0.6 is 0 Å². The summed E-state index contributed by atoms with van der Waals surface area (Å²) in [7, 11) is -0.856. The number of allylic oxidation sites excluding steroid dienone is 2. The fraction of sp³-hybridized carbons (Fsp3) is 0.667. The Labute approximate surface area is 109 Å². The van der Waals surface area contributed by atoms with Crippen LogP contribution in [0.25, 0.3) is 0 Å². The lowest BCUT2D eigenvalue weighted by molar-refractivity contribution is -0.147. The van der Waals surface area contributed by atoms with E-state index >= 15 is 0 Å². The van der Waals surface area contributed by atoms with Crippen LogP contribution in [-0.4, -0.2) is 39.7 Å². The van der Waals surface area contributed by atoms with Crippen molar-refractivity contribution < 1.29 is 18.9 Å². The van der Waals surface area contributed by atoms with Gasteiger partial charge in [-0.3, -0.25) is 13.8 Å². The van der Waals surface area contributed by atoms with Crippen molar-refractivity contribution in [2.24, 2.45) is 11.8 Å². The van der Waals surface area contributed by atoms with E-state index in [0.29, 0.717) is 31.6 Å². The average Bonchev–Trinajstić information content (AvgIpc) is 2.34. The second-order valence-corrected chi connectivity index (χ2v) is 5.97. The summed E-state index contributed by atoms with van der Waals surface area (Å²) in [5.41, 5.74) is 0. The average molecular weight is 273 g/mol. The monoisotopic (exact) mass is 273 g/mol. The highest BCUT2D eigenvalue weighted by atomic mass is 32.2. The second-order valence-electron chi connectivity index (χ2n) is 4.42. The SMILES string of the molecule is CS(=O)CCCNC(=O)C1CC=CCC1C(=O)O. The zero-order valence-electron chi connectivity index (χ0n) is 10.4. The molecule has 2 N–H and O–H groups in total. The van der Waals surface area contributed by atoms with Gasteiger partial charge in [0.2, 0.25) is 5.91 Å². The van der Waals surface area contributed by atoms with Gasteiger partial charge < -0.3 is 10.4 Å². The molecule has 0 saturated heterocycles. The van der Waals surface area contributed by atoms with Crippen LogP contribution in [0.5, 0.6) is 0 Å². The van der Waals surface area contributed by atoms with E-state index in [1.807, 2.05) is 12.2 Å². The summed E-state index contributed by atoms with van der Waals surface area (Å²) < 4.78 is 10.8. The molecule has 3 unspecified atom stereocenters. The minimum atomic E-state index is -0.922. The van der Waals surface area contributed by atoms with Gasteiger partial charge in [-0.25, -0.2) is 0 Å². The van der Waals surface area contributed by atoms with Gasteiger partial charge in [0, 0.05) is 29.4 Å². The van der Waals surface area contributed by atoms with Crippen molar-refractivity contribution in [3.8, 4) is 0 Å². The third-order valence-electron chi connectivity index (χ3n) is 2.99. The van der Waals surface area contributed by atoms with Crippen molar-refractivity contribution in [1.82, 2.24) is 5.32 Å². The van der Waals surface area contributed by atoms with Crippen LogP contribution in [0.1, 0.15) is 19.3 Å². The summed E-state index contributed by atoms with van der Waals surface area (Å²) in [6.45, 7) is 0.449. The van der Waals surface area contributed by atoms with Crippen molar-refractivity contribution in [3.05, 3.63) is 12.2 Å². The van der Waals surface area contributed by atoms with Crippen LogP contribution in [-0.2, 0) is 20.4 Å². The molecule has 5 nitrogen and oxygen atoms in total. The molecule has 0 fully saturated rings. The third kappa shape index (κ3) is 4.60. The third-order valence-corrected chi connectivity index (χ3v) is 3.86. The molecule has 1 aliphatic rings. The zero-order valence-corrected chi connectivity index (χ0v) is 11.2. The van der Waals surface area contributed by atoms with Crippen molar-refractivity contribution in [1.29, 1.82) is 0 Å². The van der Waals surface area contributed by atoms with Crippen molar-refractivity contribution in [3.63, 3.8) is 0 Å². The first kappa shape index (κ1) is 14.9. The second kappa shape index (κ2) is 7.31. The number of hydrogen-bond donors (Lipinski definition) is 2. The van der Waals surface area contributed by atoms with Gasteiger partial charge in [-0.05, 0) is 19.3 Å². The molecule has 0 aromatic heterocycles. The first-order valence-corrected chi connectivity index (χ1v) is 7.70. The van der Waals surface area contributed by atoms with Crippen LogP contribution in [0.15, 0.2) is 12.2 Å². The number of carboxylic acids is 1. The van der Waals surface area contributed by atoms with Crippen LogP contribution < -0.4 is 5.32 Å². The van der Waals surface area contributed by atoms with E-state index in [9.17, 15) is 13.8 Å². The first-order chi connectivity index (χ1) is 8.52. The fourth-order valence-electron chi connectivity index (χ4n) is 2.00. The molecule has 102 valence electrons. The molecular weight excluding hydrogens is 254 g/mol. The molecule has 0 aromatic carbocycles. The standard InChI is InChI=1S/C12H19NO4S/c1-18(17)8-4-7-13-11(14)9-5-2-3-6-10(9)12(15)16/h2-3,9-10H,4-8H2,1H3,(H,13,14)(H,15,16). The Morgan fingerprint density at radius 3 is 2.50 bits per heavy atom. The number of amides is 1. The van der Waals surface area contributed by atoms with Crippen LogP contribution in [0.3, 0.4) is 0 Å². The molecule has 1 rings (SSSR count). The lowest BCUT2D eigenvalue weighted by Crippen LogP contribution is -2.39. The van der Waals surface area contributed by atoms with Crippen molar-refractivity contribution in [2.75, 3.05) is 18.6 Å². The molecule has 0 spiro atoms. The van der Waals surface area contributed by atoms with E-state index < -0.39 is 28.6 Å². The Morgan fingerprint density at radius 2 is 1.94 bits per heavy atom. The molecule has 0 aliphatic heterocycles. The van der Waals surface area contributed by atoms with E-state index in [0.717, 1.165) is 0 Å². The van der Waals surface area contributed by atoms with Gasteiger partial charge in [0.15, 0.2) is 0 Å². The summed E-state index contributed by atoms with van der Waals surface area (Å²) in [4.78, 5) is 22.9. The number of carbonyl (C=O) groups excluding carboxylic acids is 1. The van der Waals surface area contributed by atoms with E-state index in [1.54, 1.807) is 6.26 Å². The van der Waals surface area contributed by atoms with E-state index in [-0.39, 0.29) is 5.91 Å². The zero-order chi connectivity index (χ0) is 13.5. The van der Waals surface area contributed by atoms with E-state index in [4.69, 9.17) is 5.11 Å². The molecule has 3 atom stereocenters. The number of carbonyl (C=O) groups is 2. The molecule has 1 amide bonds. The van der Waals surface area contributed by atoms with Gasteiger partial charge in [0.05, 0.1) is 11.8 Å². The van der Waals surface area contributed by atoms with Gasteiger partial charge in [0.1, 0.15) is 0 Å². The summed E-state index contributed by atoms with van der Waals surface area (Å²) in [6.07, 6.45) is 6.81. The summed E-state index contributed by atoms with van der Waals surface area (Å²) in [6, 6.07) is 0. The summed E-state index contributed by atoms with van der Waals surface area (Å²) in [5, 5.41) is 11.8. The lowest BCUT2D eigenvalue weighted by atomic mass is 9.82. The minimum Gasteiger partial charge on any atom is -0.481 e. The molecule has 0 bridgehead atoms. The van der Waals surface area contributed by atoms with E-state index in [1.165, 1.54) is 0 Å². The van der Waals surface area contributed by atoms with Gasteiger partial charge >= 0.3 is 5.97 Å². The summed E-state index contributed by atoms with van der Waals surface area (Å²) >= 11 is 0. The molecule has 0 saturated carbocycles. The quantitative estimate of drug-likeness (QED) is 0.546.